The van der Waals surface area contributed by atoms with Crippen LogP contribution >= 0.6 is 15.9 Å². The minimum Gasteiger partial charge on any atom is -0.465 e. The van der Waals surface area contributed by atoms with E-state index in [0.29, 0.717) is 12.8 Å². The van der Waals surface area contributed by atoms with Crippen LogP contribution in [0.5, 0.6) is 0 Å². The average Bonchev–Trinajstić information content (AvgIpc) is 3.34. The van der Waals surface area contributed by atoms with Gasteiger partial charge in [0.05, 0.1) is 18.7 Å². The second-order valence-electron chi connectivity index (χ2n) is 8.97. The summed E-state index contributed by atoms with van der Waals surface area (Å²) in [6.07, 6.45) is 2.47. The van der Waals surface area contributed by atoms with Crippen molar-refractivity contribution in [3.05, 3.63) is 45.3 Å². The first kappa shape index (κ1) is 24.7. The van der Waals surface area contributed by atoms with E-state index < -0.39 is 41.5 Å². The molecule has 3 atom stereocenters. The van der Waals surface area contributed by atoms with Gasteiger partial charge in [-0.1, -0.05) is 6.08 Å². The number of methoxy groups -OCH3 is 1. The van der Waals surface area contributed by atoms with Gasteiger partial charge in [0, 0.05) is 22.5 Å². The maximum atomic E-state index is 14.5. The van der Waals surface area contributed by atoms with Gasteiger partial charge in [-0.15, -0.1) is 0 Å². The van der Waals surface area contributed by atoms with Gasteiger partial charge in [-0.2, -0.15) is 5.26 Å². The molecule has 0 spiro atoms. The normalized spacial score (nSPS) is 20.0. The van der Waals surface area contributed by atoms with Crippen LogP contribution in [0, 0.1) is 23.1 Å². The number of amides is 2. The predicted octanol–water partition coefficient (Wildman–Crippen LogP) is 3.84. The Labute approximate surface area is 199 Å². The molecule has 0 fully saturated rings. The number of piperidine rings is 1. The molecule has 1 aromatic carbocycles. The first-order valence-electron chi connectivity index (χ1n) is 10.4. The number of esters is 1. The molecule has 2 amide bonds. The van der Waals surface area contributed by atoms with Gasteiger partial charge in [-0.25, -0.2) is 14.0 Å². The molecule has 8 nitrogen and oxygen atoms in total. The van der Waals surface area contributed by atoms with Crippen LogP contribution in [-0.4, -0.2) is 47.7 Å². The molecular weight excluding hydrogens is 497 g/mol. The number of carbonyl (C=O) groups is 3. The first-order chi connectivity index (χ1) is 15.4. The highest BCUT2D eigenvalue weighted by atomic mass is 79.9. The maximum Gasteiger partial charge on any atom is 0.415 e. The summed E-state index contributed by atoms with van der Waals surface area (Å²) in [6.45, 7) is 5.22. The zero-order valence-electron chi connectivity index (χ0n) is 18.8. The van der Waals surface area contributed by atoms with Gasteiger partial charge in [-0.3, -0.25) is 9.69 Å². The standard InChI is InChI=1S/C23H25BrFN3O5/c1-23(2,3)33-22(31)28-15-6-5-12(8-15)19(28)20(29)27-14(11-26)7-13-9-16(21(30)32-4)17(24)10-18(13)25/h8-10,12,14,19H,5-7H2,1-4H3,(H,27,29). The number of carbonyl (C=O) groups excluding carboxylic acids is 3. The Morgan fingerprint density at radius 1 is 1.36 bits per heavy atom. The molecule has 3 rings (SSSR count). The van der Waals surface area contributed by atoms with Crippen molar-refractivity contribution in [2.24, 2.45) is 5.92 Å². The average molecular weight is 522 g/mol. The third-order valence-corrected chi connectivity index (χ3v) is 6.09. The molecule has 2 aliphatic rings. The van der Waals surface area contributed by atoms with Crippen LogP contribution in [0.25, 0.3) is 0 Å². The molecule has 0 saturated carbocycles. The quantitative estimate of drug-likeness (QED) is 0.589. The van der Waals surface area contributed by atoms with Crippen molar-refractivity contribution in [3.63, 3.8) is 0 Å². The Morgan fingerprint density at radius 3 is 2.67 bits per heavy atom. The SMILES string of the molecule is COC(=O)c1cc(CC(C#N)NC(=O)C2C3C=C(CC3)N2C(=O)OC(C)(C)C)c(F)cc1Br. The van der Waals surface area contributed by atoms with Crippen molar-refractivity contribution < 1.29 is 28.2 Å². The molecule has 33 heavy (non-hydrogen) atoms. The molecule has 176 valence electrons. The van der Waals surface area contributed by atoms with E-state index in [-0.39, 0.29) is 27.9 Å². The van der Waals surface area contributed by atoms with Gasteiger partial charge in [0.25, 0.3) is 0 Å². The van der Waals surface area contributed by atoms with Gasteiger partial charge in [0.15, 0.2) is 0 Å². The Hall–Kier alpha value is -2.93. The van der Waals surface area contributed by atoms with E-state index in [1.165, 1.54) is 18.1 Å². The zero-order chi connectivity index (χ0) is 24.5. The van der Waals surface area contributed by atoms with Crippen molar-refractivity contribution in [3.8, 4) is 6.07 Å². The second kappa shape index (κ2) is 9.51. The Balaban J connectivity index is 1.77. The number of halogens is 2. The number of hydrogen-bond acceptors (Lipinski definition) is 6. The second-order valence-corrected chi connectivity index (χ2v) is 9.82. The van der Waals surface area contributed by atoms with Crippen molar-refractivity contribution in [2.75, 3.05) is 7.11 Å². The summed E-state index contributed by atoms with van der Waals surface area (Å²) in [5, 5.41) is 12.2. The molecule has 1 heterocycles. The Bertz CT molecular complexity index is 1060. The number of allylic oxidation sites excluding steroid dienone is 1. The Kier molecular flexibility index (Phi) is 7.12. The van der Waals surface area contributed by atoms with Crippen molar-refractivity contribution in [2.45, 2.75) is 57.7 Å². The highest BCUT2D eigenvalue weighted by molar-refractivity contribution is 9.10. The number of fused-ring (bicyclic) bond motifs is 1. The lowest BCUT2D eigenvalue weighted by Gasteiger charge is -2.35. The minimum atomic E-state index is -1.08. The fourth-order valence-corrected chi connectivity index (χ4v) is 4.50. The van der Waals surface area contributed by atoms with Crippen LogP contribution in [0.15, 0.2) is 28.4 Å². The lowest BCUT2D eigenvalue weighted by atomic mass is 9.95. The third-order valence-electron chi connectivity index (χ3n) is 5.43. The predicted molar refractivity (Wildman–Crippen MR) is 119 cm³/mol. The van der Waals surface area contributed by atoms with Crippen molar-refractivity contribution >= 4 is 33.9 Å². The maximum absolute atomic E-state index is 14.5. The van der Waals surface area contributed by atoms with Gasteiger partial charge in [0.2, 0.25) is 5.91 Å². The number of nitrogens with zero attached hydrogens (tertiary/aromatic N) is 2. The molecular formula is C23H25BrFN3O5. The number of benzene rings is 1. The Morgan fingerprint density at radius 2 is 2.06 bits per heavy atom. The molecule has 3 unspecified atom stereocenters. The minimum absolute atomic E-state index is 0.0725. The lowest BCUT2D eigenvalue weighted by molar-refractivity contribution is -0.127. The summed E-state index contributed by atoms with van der Waals surface area (Å²) >= 11 is 3.12. The fourth-order valence-electron chi connectivity index (χ4n) is 4.02. The first-order valence-corrected chi connectivity index (χ1v) is 11.2. The monoisotopic (exact) mass is 521 g/mol. The topological polar surface area (TPSA) is 109 Å². The molecule has 10 heteroatoms. The number of rotatable bonds is 5. The highest BCUT2D eigenvalue weighted by Crippen LogP contribution is 2.41. The molecule has 1 aliphatic carbocycles. The van der Waals surface area contributed by atoms with Crippen LogP contribution in [0.1, 0.15) is 49.5 Å². The van der Waals surface area contributed by atoms with E-state index in [9.17, 15) is 24.0 Å². The summed E-state index contributed by atoms with van der Waals surface area (Å²) in [5.74, 6) is -2.00. The molecule has 1 aliphatic heterocycles. The van der Waals surface area contributed by atoms with Gasteiger partial charge in [0.1, 0.15) is 23.5 Å². The number of likely N-dealkylation sites (tertiary alicyclic amines) is 1. The number of hydrogen-bond donors (Lipinski definition) is 1. The van der Waals surface area contributed by atoms with Crippen molar-refractivity contribution in [1.29, 1.82) is 5.26 Å². The van der Waals surface area contributed by atoms with E-state index in [1.54, 1.807) is 20.8 Å². The van der Waals surface area contributed by atoms with E-state index in [0.717, 1.165) is 11.8 Å². The number of ether oxygens (including phenoxy) is 2. The highest BCUT2D eigenvalue weighted by Gasteiger charge is 2.48. The van der Waals surface area contributed by atoms with Gasteiger partial charge < -0.3 is 14.8 Å². The van der Waals surface area contributed by atoms with Crippen LogP contribution in [0.3, 0.4) is 0 Å². The smallest absolute Gasteiger partial charge is 0.415 e. The van der Waals surface area contributed by atoms with Crippen LogP contribution < -0.4 is 5.32 Å². The molecule has 1 N–H and O–H groups in total. The van der Waals surface area contributed by atoms with E-state index in [1.807, 2.05) is 12.1 Å². The molecule has 1 aromatic rings. The van der Waals surface area contributed by atoms with Crippen LogP contribution in [0.2, 0.25) is 0 Å². The third kappa shape index (κ3) is 5.36. The summed E-state index contributed by atoms with van der Waals surface area (Å²) in [7, 11) is 1.21. The van der Waals surface area contributed by atoms with Crippen LogP contribution in [-0.2, 0) is 20.7 Å². The number of nitriles is 1. The van der Waals surface area contributed by atoms with E-state index >= 15 is 0 Å². The summed E-state index contributed by atoms with van der Waals surface area (Å²) < 4.78 is 24.9. The van der Waals surface area contributed by atoms with E-state index in [2.05, 4.69) is 21.2 Å². The molecule has 0 radical (unpaired) electrons. The summed E-state index contributed by atoms with van der Waals surface area (Å²) in [6, 6.07) is 2.45. The molecule has 0 saturated heterocycles. The van der Waals surface area contributed by atoms with Crippen LogP contribution in [0.4, 0.5) is 9.18 Å². The molecule has 2 bridgehead atoms. The van der Waals surface area contributed by atoms with Gasteiger partial charge >= 0.3 is 12.1 Å². The molecule has 0 aromatic heterocycles. The lowest BCUT2D eigenvalue weighted by Crippen LogP contribution is -2.54. The summed E-state index contributed by atoms with van der Waals surface area (Å²) in [5.41, 5.74) is 0.173. The summed E-state index contributed by atoms with van der Waals surface area (Å²) in [4.78, 5) is 39.1. The fraction of sp³-hybridized carbons (Fsp3) is 0.478. The van der Waals surface area contributed by atoms with Crippen molar-refractivity contribution in [1.82, 2.24) is 10.2 Å². The number of nitrogens with one attached hydrogen (secondary N) is 1. The van der Waals surface area contributed by atoms with E-state index in [4.69, 9.17) is 9.47 Å². The largest absolute Gasteiger partial charge is 0.465 e. The van der Waals surface area contributed by atoms with Gasteiger partial charge in [-0.05, 0) is 67.2 Å². The zero-order valence-corrected chi connectivity index (χ0v) is 20.4.